The van der Waals surface area contributed by atoms with Gasteiger partial charge in [-0.05, 0) is 17.9 Å². The number of hydrogen-bond acceptors (Lipinski definition) is 4. The van der Waals surface area contributed by atoms with Crippen LogP contribution in [0.3, 0.4) is 0 Å². The minimum absolute atomic E-state index is 0.199. The summed E-state index contributed by atoms with van der Waals surface area (Å²) in [6, 6.07) is 3.49. The van der Waals surface area contributed by atoms with Gasteiger partial charge in [0.25, 0.3) is 0 Å². The van der Waals surface area contributed by atoms with Crippen LogP contribution in [0.4, 0.5) is 13.2 Å². The summed E-state index contributed by atoms with van der Waals surface area (Å²) in [7, 11) is -3.92. The van der Waals surface area contributed by atoms with Crippen molar-refractivity contribution in [2.45, 2.75) is 12.6 Å². The number of aliphatic carboxylic acids is 1. The number of alkyl halides is 3. The van der Waals surface area contributed by atoms with Crippen LogP contribution >= 0.6 is 11.3 Å². The summed E-state index contributed by atoms with van der Waals surface area (Å²) in [6.45, 7) is -1.46. The fraction of sp³-hybridized carbons (Fsp3) is 0.583. The Morgan fingerprint density at radius 1 is 1.41 bits per heavy atom. The highest BCUT2D eigenvalue weighted by atomic mass is 32.2. The molecule has 0 unspecified atom stereocenters. The van der Waals surface area contributed by atoms with Crippen LogP contribution in [0.15, 0.2) is 17.5 Å². The summed E-state index contributed by atoms with van der Waals surface area (Å²) in [6.07, 6.45) is -4.54. The average molecular weight is 357 g/mol. The molecule has 1 aliphatic rings. The van der Waals surface area contributed by atoms with Crippen molar-refractivity contribution in [2.24, 2.45) is 11.8 Å². The zero-order valence-corrected chi connectivity index (χ0v) is 12.9. The minimum Gasteiger partial charge on any atom is -0.481 e. The molecule has 0 saturated carbocycles. The lowest BCUT2D eigenvalue weighted by Gasteiger charge is -2.18. The molecule has 1 fully saturated rings. The molecule has 0 aliphatic carbocycles. The van der Waals surface area contributed by atoms with Crippen LogP contribution < -0.4 is 0 Å². The number of rotatable bonds is 5. The molecule has 1 saturated heterocycles. The van der Waals surface area contributed by atoms with E-state index in [1.54, 1.807) is 17.5 Å². The van der Waals surface area contributed by atoms with E-state index in [0.29, 0.717) is 4.31 Å². The molecule has 0 amide bonds. The van der Waals surface area contributed by atoms with Gasteiger partial charge in [0.2, 0.25) is 10.0 Å². The number of hydrogen-bond donors (Lipinski definition) is 1. The number of carboxylic acid groups (broad SMARTS) is 1. The fourth-order valence-corrected chi connectivity index (χ4v) is 4.74. The van der Waals surface area contributed by atoms with E-state index in [9.17, 15) is 26.4 Å². The second-order valence-corrected chi connectivity index (χ2v) is 8.18. The van der Waals surface area contributed by atoms with Crippen molar-refractivity contribution in [2.75, 3.05) is 18.8 Å². The number of nitrogens with zero attached hydrogens (tertiary/aromatic N) is 1. The summed E-state index contributed by atoms with van der Waals surface area (Å²) in [5.41, 5.74) is 0. The van der Waals surface area contributed by atoms with Gasteiger partial charge in [-0.3, -0.25) is 4.79 Å². The Morgan fingerprint density at radius 2 is 2.09 bits per heavy atom. The molecular formula is C12H14F3NO4S2. The van der Waals surface area contributed by atoms with Gasteiger partial charge in [-0.15, -0.1) is 11.3 Å². The number of sulfonamides is 1. The van der Waals surface area contributed by atoms with Gasteiger partial charge in [-0.25, -0.2) is 12.7 Å². The number of aryl methyl sites for hydroxylation is 1. The lowest BCUT2D eigenvalue weighted by atomic mass is 9.96. The highest BCUT2D eigenvalue weighted by molar-refractivity contribution is 7.89. The molecular weight excluding hydrogens is 343 g/mol. The quantitative estimate of drug-likeness (QED) is 0.872. The normalized spacial score (nSPS) is 23.8. The van der Waals surface area contributed by atoms with Crippen molar-refractivity contribution in [3.63, 3.8) is 0 Å². The lowest BCUT2D eigenvalue weighted by molar-refractivity contribution is -0.187. The van der Waals surface area contributed by atoms with Crippen molar-refractivity contribution in [3.8, 4) is 0 Å². The SMILES string of the molecule is O=C(O)[C@@H]1CN(S(=O)(=O)CCc2cccs2)C[C@H]1C(F)(F)F. The van der Waals surface area contributed by atoms with Gasteiger partial charge >= 0.3 is 12.1 Å². The Hall–Kier alpha value is -1.13. The van der Waals surface area contributed by atoms with Crippen molar-refractivity contribution in [1.29, 1.82) is 0 Å². The first-order valence-corrected chi connectivity index (χ1v) is 8.90. The van der Waals surface area contributed by atoms with Crippen molar-refractivity contribution >= 4 is 27.3 Å². The molecule has 1 aromatic heterocycles. The van der Waals surface area contributed by atoms with Gasteiger partial charge in [-0.2, -0.15) is 13.2 Å². The summed E-state index contributed by atoms with van der Waals surface area (Å²) in [5.74, 6) is -5.87. The Morgan fingerprint density at radius 3 is 2.55 bits per heavy atom. The van der Waals surface area contributed by atoms with E-state index in [0.717, 1.165) is 4.88 Å². The van der Waals surface area contributed by atoms with Gasteiger partial charge in [-0.1, -0.05) is 6.07 Å². The van der Waals surface area contributed by atoms with E-state index in [1.807, 2.05) is 0 Å². The highest BCUT2D eigenvalue weighted by Gasteiger charge is 2.54. The maximum absolute atomic E-state index is 12.9. The highest BCUT2D eigenvalue weighted by Crippen LogP contribution is 2.38. The Kier molecular flexibility index (Phi) is 4.83. The maximum Gasteiger partial charge on any atom is 0.393 e. The summed E-state index contributed by atoms with van der Waals surface area (Å²) in [4.78, 5) is 11.8. The van der Waals surface area contributed by atoms with E-state index in [4.69, 9.17) is 5.11 Å². The van der Waals surface area contributed by atoms with E-state index in [2.05, 4.69) is 0 Å². The largest absolute Gasteiger partial charge is 0.481 e. The second-order valence-electron chi connectivity index (χ2n) is 5.06. The van der Waals surface area contributed by atoms with Gasteiger partial charge in [0.15, 0.2) is 0 Å². The topological polar surface area (TPSA) is 74.7 Å². The van der Waals surface area contributed by atoms with E-state index in [-0.39, 0.29) is 12.2 Å². The van der Waals surface area contributed by atoms with E-state index < -0.39 is 47.1 Å². The third-order valence-corrected chi connectivity index (χ3v) is 6.35. The fourth-order valence-electron chi connectivity index (χ4n) is 2.39. The zero-order valence-electron chi connectivity index (χ0n) is 11.3. The zero-order chi connectivity index (χ0) is 16.5. The van der Waals surface area contributed by atoms with Crippen molar-refractivity contribution < 1.29 is 31.5 Å². The molecule has 0 aromatic carbocycles. The molecule has 2 heterocycles. The molecule has 1 aromatic rings. The Bertz CT molecular complexity index is 627. The standard InChI is InChI=1S/C12H14F3NO4S2/c13-12(14,15)10-7-16(6-9(10)11(17)18)22(19,20)5-3-8-2-1-4-21-8/h1-2,4,9-10H,3,5-7H2,(H,17,18)/t9-,10-/m1/s1. The molecule has 10 heteroatoms. The minimum atomic E-state index is -4.74. The van der Waals surface area contributed by atoms with Crippen LogP contribution in [-0.2, 0) is 21.2 Å². The molecule has 5 nitrogen and oxygen atoms in total. The summed E-state index contributed by atoms with van der Waals surface area (Å²) < 4.78 is 63.5. The van der Waals surface area contributed by atoms with Crippen LogP contribution in [0, 0.1) is 11.8 Å². The van der Waals surface area contributed by atoms with Crippen LogP contribution in [0.5, 0.6) is 0 Å². The Labute approximate surface area is 129 Å². The van der Waals surface area contributed by atoms with Crippen LogP contribution in [0.25, 0.3) is 0 Å². The van der Waals surface area contributed by atoms with Gasteiger partial charge in [0.05, 0.1) is 17.6 Å². The summed E-state index contributed by atoms with van der Waals surface area (Å²) >= 11 is 1.36. The molecule has 0 spiro atoms. The molecule has 22 heavy (non-hydrogen) atoms. The molecule has 1 aliphatic heterocycles. The predicted octanol–water partition coefficient (Wildman–Crippen LogP) is 1.82. The third-order valence-electron chi connectivity index (χ3n) is 3.60. The van der Waals surface area contributed by atoms with Crippen LogP contribution in [-0.4, -0.2) is 48.8 Å². The molecule has 0 radical (unpaired) electrons. The first kappa shape index (κ1) is 17.2. The van der Waals surface area contributed by atoms with Crippen LogP contribution in [0.2, 0.25) is 0 Å². The number of carbonyl (C=O) groups is 1. The molecule has 2 rings (SSSR count). The molecule has 2 atom stereocenters. The lowest BCUT2D eigenvalue weighted by Crippen LogP contribution is -2.34. The van der Waals surface area contributed by atoms with Crippen molar-refractivity contribution in [1.82, 2.24) is 4.31 Å². The van der Waals surface area contributed by atoms with Crippen LogP contribution in [0.1, 0.15) is 4.88 Å². The first-order valence-electron chi connectivity index (χ1n) is 6.41. The van der Waals surface area contributed by atoms with Gasteiger partial charge < -0.3 is 5.11 Å². The van der Waals surface area contributed by atoms with E-state index >= 15 is 0 Å². The molecule has 1 N–H and O–H groups in total. The second kappa shape index (κ2) is 6.17. The van der Waals surface area contributed by atoms with Crippen molar-refractivity contribution in [3.05, 3.63) is 22.4 Å². The molecule has 124 valence electrons. The summed E-state index contributed by atoms with van der Waals surface area (Å²) in [5, 5.41) is 10.7. The van der Waals surface area contributed by atoms with E-state index in [1.165, 1.54) is 11.3 Å². The molecule has 0 bridgehead atoms. The van der Waals surface area contributed by atoms with Gasteiger partial charge in [0.1, 0.15) is 0 Å². The predicted molar refractivity (Wildman–Crippen MR) is 74.1 cm³/mol. The van der Waals surface area contributed by atoms with Gasteiger partial charge in [0, 0.05) is 18.0 Å². The number of carboxylic acids is 1. The third kappa shape index (κ3) is 3.79. The smallest absolute Gasteiger partial charge is 0.393 e. The maximum atomic E-state index is 12.9. The number of halogens is 3. The number of thiophene rings is 1. The average Bonchev–Trinajstić information content (AvgIpc) is 3.05. The monoisotopic (exact) mass is 357 g/mol. The first-order chi connectivity index (χ1) is 10.1. The Balaban J connectivity index is 2.10.